The number of aromatic hydroxyl groups is 1. The summed E-state index contributed by atoms with van der Waals surface area (Å²) in [4.78, 5) is 7.81. The molecule has 7 heteroatoms. The first-order valence-corrected chi connectivity index (χ1v) is 9.13. The van der Waals surface area contributed by atoms with Crippen LogP contribution in [0.5, 0.6) is 5.75 Å². The highest BCUT2D eigenvalue weighted by molar-refractivity contribution is 14.0. The van der Waals surface area contributed by atoms with Gasteiger partial charge in [0.1, 0.15) is 0 Å². The molecule has 0 bridgehead atoms. The lowest BCUT2D eigenvalue weighted by atomic mass is 10.1. The lowest BCUT2D eigenvalue weighted by molar-refractivity contribution is 0.432. The normalized spacial score (nSPS) is 11.3. The maximum Gasteiger partial charge on any atom is 0.191 e. The van der Waals surface area contributed by atoms with Gasteiger partial charge < -0.3 is 20.7 Å². The molecule has 3 aromatic rings. The van der Waals surface area contributed by atoms with Crippen LogP contribution in [-0.2, 0) is 13.0 Å². The second kappa shape index (κ2) is 10.3. The Morgan fingerprint density at radius 1 is 1.21 bits per heavy atom. The molecule has 1 heterocycles. The van der Waals surface area contributed by atoms with Gasteiger partial charge in [0, 0.05) is 30.2 Å². The van der Waals surface area contributed by atoms with Crippen LogP contribution in [0, 0.1) is 12.7 Å². The van der Waals surface area contributed by atoms with Gasteiger partial charge in [0.05, 0.1) is 6.54 Å². The summed E-state index contributed by atoms with van der Waals surface area (Å²) in [6.45, 7) is 5.92. The number of aliphatic imine (C=N–C) groups is 1. The Morgan fingerprint density at radius 2 is 2.04 bits per heavy atom. The van der Waals surface area contributed by atoms with E-state index < -0.39 is 5.82 Å². The van der Waals surface area contributed by atoms with Crippen molar-refractivity contribution in [2.45, 2.75) is 26.8 Å². The molecule has 0 radical (unpaired) electrons. The smallest absolute Gasteiger partial charge is 0.191 e. The molecule has 3 rings (SSSR count). The number of hydrogen-bond acceptors (Lipinski definition) is 2. The molecule has 1 aromatic heterocycles. The fourth-order valence-electron chi connectivity index (χ4n) is 3.12. The summed E-state index contributed by atoms with van der Waals surface area (Å²) >= 11 is 0. The third kappa shape index (κ3) is 5.37. The predicted octanol–water partition coefficient (Wildman–Crippen LogP) is 4.24. The number of halogens is 2. The number of rotatable bonds is 6. The summed E-state index contributed by atoms with van der Waals surface area (Å²) in [5.41, 5.74) is 4.39. The Bertz CT molecular complexity index is 955. The van der Waals surface area contributed by atoms with Gasteiger partial charge in [-0.05, 0) is 55.2 Å². The number of nitrogens with one attached hydrogen (secondary N) is 3. The molecular formula is C21H26FIN4O. The van der Waals surface area contributed by atoms with Crippen LogP contribution in [0.15, 0.2) is 47.6 Å². The van der Waals surface area contributed by atoms with Gasteiger partial charge in [-0.25, -0.2) is 9.38 Å². The highest BCUT2D eigenvalue weighted by atomic mass is 127. The molecule has 0 aliphatic rings. The quantitative estimate of drug-likeness (QED) is 0.235. The van der Waals surface area contributed by atoms with Crippen LogP contribution < -0.4 is 10.6 Å². The van der Waals surface area contributed by atoms with Gasteiger partial charge in [-0.3, -0.25) is 0 Å². The molecule has 5 nitrogen and oxygen atoms in total. The summed E-state index contributed by atoms with van der Waals surface area (Å²) in [7, 11) is 0. The van der Waals surface area contributed by atoms with Crippen LogP contribution >= 0.6 is 24.0 Å². The number of hydrogen-bond donors (Lipinski definition) is 4. The predicted molar refractivity (Wildman–Crippen MR) is 123 cm³/mol. The molecule has 0 aliphatic carbocycles. The SMILES string of the molecule is CCNC(=NCc1ccc(O)c(F)c1)NCCc1c[nH]c2cccc(C)c12.I. The van der Waals surface area contributed by atoms with E-state index in [9.17, 15) is 9.50 Å². The minimum absolute atomic E-state index is 0. The van der Waals surface area contributed by atoms with Gasteiger partial charge >= 0.3 is 0 Å². The number of fused-ring (bicyclic) bond motifs is 1. The molecule has 0 atom stereocenters. The lowest BCUT2D eigenvalue weighted by Crippen LogP contribution is -2.38. The van der Waals surface area contributed by atoms with Crippen molar-refractivity contribution in [2.75, 3.05) is 13.1 Å². The second-order valence-corrected chi connectivity index (χ2v) is 6.47. The second-order valence-electron chi connectivity index (χ2n) is 6.47. The molecule has 0 fully saturated rings. The Labute approximate surface area is 181 Å². The fourth-order valence-corrected chi connectivity index (χ4v) is 3.12. The first-order valence-electron chi connectivity index (χ1n) is 9.13. The molecule has 2 aromatic carbocycles. The summed E-state index contributed by atoms with van der Waals surface area (Å²) < 4.78 is 13.4. The summed E-state index contributed by atoms with van der Waals surface area (Å²) in [6.07, 6.45) is 2.92. The van der Waals surface area contributed by atoms with Crippen LogP contribution in [0.25, 0.3) is 10.9 Å². The minimum Gasteiger partial charge on any atom is -0.505 e. The van der Waals surface area contributed by atoms with E-state index >= 15 is 0 Å². The van der Waals surface area contributed by atoms with Crippen LogP contribution in [0.1, 0.15) is 23.6 Å². The van der Waals surface area contributed by atoms with E-state index in [0.717, 1.165) is 25.0 Å². The third-order valence-electron chi connectivity index (χ3n) is 4.46. The van der Waals surface area contributed by atoms with Gasteiger partial charge in [0.25, 0.3) is 0 Å². The standard InChI is InChI=1S/C21H25FN4O.HI/c1-3-23-21(26-12-15-7-8-19(27)17(22)11-15)24-10-9-16-13-25-18-6-4-5-14(2)20(16)18;/h4-8,11,13,25,27H,3,9-10,12H2,1-2H3,(H2,23,24,26);1H. The van der Waals surface area contributed by atoms with Crippen molar-refractivity contribution in [1.82, 2.24) is 15.6 Å². The molecule has 0 spiro atoms. The first kappa shape index (κ1) is 22.0. The van der Waals surface area contributed by atoms with E-state index in [2.05, 4.69) is 51.9 Å². The molecule has 0 unspecified atom stereocenters. The van der Waals surface area contributed by atoms with Crippen molar-refractivity contribution in [3.63, 3.8) is 0 Å². The van der Waals surface area contributed by atoms with Crippen LogP contribution in [0.4, 0.5) is 4.39 Å². The van der Waals surface area contributed by atoms with E-state index in [4.69, 9.17) is 0 Å². The van der Waals surface area contributed by atoms with E-state index in [1.807, 2.05) is 6.92 Å². The first-order chi connectivity index (χ1) is 13.1. The average Bonchev–Trinajstić information content (AvgIpc) is 3.07. The Hall–Kier alpha value is -2.29. The van der Waals surface area contributed by atoms with Gasteiger partial charge in [-0.1, -0.05) is 18.2 Å². The van der Waals surface area contributed by atoms with Crippen LogP contribution in [0.2, 0.25) is 0 Å². The zero-order valence-corrected chi connectivity index (χ0v) is 18.4. The zero-order valence-electron chi connectivity index (χ0n) is 16.1. The molecule has 0 saturated heterocycles. The van der Waals surface area contributed by atoms with Crippen molar-refractivity contribution in [3.8, 4) is 5.75 Å². The monoisotopic (exact) mass is 496 g/mol. The van der Waals surface area contributed by atoms with Gasteiger partial charge in [0.15, 0.2) is 17.5 Å². The molecule has 150 valence electrons. The highest BCUT2D eigenvalue weighted by Gasteiger charge is 2.07. The topological polar surface area (TPSA) is 72.4 Å². The molecule has 0 amide bonds. The van der Waals surface area contributed by atoms with Crippen LogP contribution in [0.3, 0.4) is 0 Å². The largest absolute Gasteiger partial charge is 0.505 e. The molecule has 28 heavy (non-hydrogen) atoms. The molecular weight excluding hydrogens is 470 g/mol. The number of guanidine groups is 1. The highest BCUT2D eigenvalue weighted by Crippen LogP contribution is 2.22. The third-order valence-corrected chi connectivity index (χ3v) is 4.46. The Balaban J connectivity index is 0.00000280. The molecule has 0 saturated carbocycles. The van der Waals surface area contributed by atoms with E-state index in [1.54, 1.807) is 6.07 Å². The van der Waals surface area contributed by atoms with Gasteiger partial charge in [-0.2, -0.15) is 0 Å². The number of nitrogens with zero attached hydrogens (tertiary/aromatic N) is 1. The van der Waals surface area contributed by atoms with Crippen molar-refractivity contribution in [2.24, 2.45) is 4.99 Å². The summed E-state index contributed by atoms with van der Waals surface area (Å²) in [6, 6.07) is 10.6. The number of aromatic nitrogens is 1. The van der Waals surface area contributed by atoms with Crippen molar-refractivity contribution in [1.29, 1.82) is 0 Å². The van der Waals surface area contributed by atoms with E-state index in [-0.39, 0.29) is 29.7 Å². The maximum absolute atomic E-state index is 13.4. The number of benzene rings is 2. The maximum atomic E-state index is 13.4. The van der Waals surface area contributed by atoms with E-state index in [0.29, 0.717) is 18.1 Å². The van der Waals surface area contributed by atoms with Crippen molar-refractivity contribution < 1.29 is 9.50 Å². The number of phenols is 1. The number of phenolic OH excluding ortho intramolecular Hbond substituents is 1. The summed E-state index contributed by atoms with van der Waals surface area (Å²) in [5, 5.41) is 17.1. The zero-order chi connectivity index (χ0) is 19.2. The van der Waals surface area contributed by atoms with Crippen molar-refractivity contribution in [3.05, 3.63) is 65.1 Å². The Morgan fingerprint density at radius 3 is 2.79 bits per heavy atom. The molecule has 0 aliphatic heterocycles. The minimum atomic E-state index is -0.629. The van der Waals surface area contributed by atoms with E-state index in [1.165, 1.54) is 28.6 Å². The van der Waals surface area contributed by atoms with Gasteiger partial charge in [-0.15, -0.1) is 24.0 Å². The van der Waals surface area contributed by atoms with Crippen LogP contribution in [-0.4, -0.2) is 29.1 Å². The molecule has 4 N–H and O–H groups in total. The summed E-state index contributed by atoms with van der Waals surface area (Å²) in [5.74, 6) is -0.292. The number of aromatic amines is 1. The van der Waals surface area contributed by atoms with Crippen molar-refractivity contribution >= 4 is 40.8 Å². The fraction of sp³-hybridized carbons (Fsp3) is 0.286. The average molecular weight is 496 g/mol. The number of aryl methyl sites for hydroxylation is 1. The lowest BCUT2D eigenvalue weighted by Gasteiger charge is -2.11. The number of H-pyrrole nitrogens is 1. The Kier molecular flexibility index (Phi) is 8.10. The van der Waals surface area contributed by atoms with Gasteiger partial charge in [0.2, 0.25) is 0 Å².